The Balaban J connectivity index is 0.000000451. The number of halogens is 2. The highest BCUT2D eigenvalue weighted by Gasteiger charge is 2.06. The summed E-state index contributed by atoms with van der Waals surface area (Å²) in [5.74, 6) is 0.574. The molecule has 0 saturated carbocycles. The van der Waals surface area contributed by atoms with Crippen LogP contribution in [0.5, 0.6) is 11.5 Å². The number of rotatable bonds is 2. The van der Waals surface area contributed by atoms with Crippen molar-refractivity contribution in [1.29, 1.82) is 0 Å². The quantitative estimate of drug-likeness (QED) is 0.432. The second-order valence-electron chi connectivity index (χ2n) is 5.13. The number of hydrogen-bond acceptors (Lipinski definition) is 7. The molecule has 0 unspecified atom stereocenters. The number of carboxylic acids is 1. The number of carbonyl (C=O) groups excluding carboxylic acids is 2. The predicted octanol–water partition coefficient (Wildman–Crippen LogP) is 4.34. The zero-order valence-electron chi connectivity index (χ0n) is 16.4. The van der Waals surface area contributed by atoms with Gasteiger partial charge in [-0.1, -0.05) is 47.5 Å². The van der Waals surface area contributed by atoms with Crippen molar-refractivity contribution < 1.29 is 29.0 Å². The first-order chi connectivity index (χ1) is 14.2. The lowest BCUT2D eigenvalue weighted by atomic mass is 10.2. The highest BCUT2D eigenvalue weighted by Crippen LogP contribution is 2.30. The lowest BCUT2D eigenvalue weighted by Gasteiger charge is -2.05. The number of carbonyl (C=O) groups is 1. The number of pyridine rings is 1. The minimum atomic E-state index is -0.833. The van der Waals surface area contributed by atoms with Crippen molar-refractivity contribution in [2.75, 3.05) is 20.0 Å². The summed E-state index contributed by atoms with van der Waals surface area (Å²) < 4.78 is 10.1. The topological polar surface area (TPSA) is 129 Å². The van der Waals surface area contributed by atoms with Crippen LogP contribution in [0.15, 0.2) is 48.5 Å². The Morgan fingerprint density at radius 3 is 2.00 bits per heavy atom. The molecular formula is C20H20Cl2N2O6. The maximum Gasteiger partial charge on any atom is 0.373 e. The van der Waals surface area contributed by atoms with E-state index < -0.39 is 5.97 Å². The Hall–Kier alpha value is -3.32. The minimum absolute atomic E-state index is 0.250. The van der Waals surface area contributed by atoms with Crippen LogP contribution in [0.25, 0.3) is 10.9 Å². The fraction of sp³-hybridized carbons (Fsp3) is 0.150. The van der Waals surface area contributed by atoms with Crippen LogP contribution in [0.1, 0.15) is 6.92 Å². The van der Waals surface area contributed by atoms with Crippen molar-refractivity contribution in [2.24, 2.45) is 0 Å². The summed E-state index contributed by atoms with van der Waals surface area (Å²) in [5, 5.41) is 9.21. The van der Waals surface area contributed by atoms with E-state index in [1.165, 1.54) is 0 Å². The molecule has 0 aliphatic carbocycles. The van der Waals surface area contributed by atoms with Crippen molar-refractivity contribution in [3.63, 3.8) is 0 Å². The minimum Gasteiger partial charge on any atom is -0.495 e. The van der Waals surface area contributed by atoms with E-state index in [1.807, 2.05) is 36.4 Å². The van der Waals surface area contributed by atoms with Gasteiger partial charge >= 0.3 is 6.15 Å². The SMILES string of the molecule is CC(=O)O.COc1cccc2c(Cl)cc(Cl)nc12.COc1ccccc1N.O=C=O. The largest absolute Gasteiger partial charge is 0.495 e. The maximum atomic E-state index is 9.00. The Morgan fingerprint density at radius 1 is 1.03 bits per heavy atom. The van der Waals surface area contributed by atoms with E-state index in [2.05, 4.69) is 4.98 Å². The first-order valence-corrected chi connectivity index (χ1v) is 8.83. The first kappa shape index (κ1) is 26.7. The average Bonchev–Trinajstić information content (AvgIpc) is 2.68. The lowest BCUT2D eigenvalue weighted by molar-refractivity contribution is -0.191. The maximum absolute atomic E-state index is 9.00. The summed E-state index contributed by atoms with van der Waals surface area (Å²) in [4.78, 5) is 29.4. The van der Waals surface area contributed by atoms with Gasteiger partial charge in [-0.05, 0) is 24.3 Å². The van der Waals surface area contributed by atoms with Crippen LogP contribution in [-0.4, -0.2) is 36.4 Å². The van der Waals surface area contributed by atoms with E-state index in [0.717, 1.165) is 18.1 Å². The molecule has 10 heteroatoms. The van der Waals surface area contributed by atoms with E-state index in [4.69, 9.17) is 57.9 Å². The molecule has 0 spiro atoms. The van der Waals surface area contributed by atoms with Crippen LogP contribution in [0.3, 0.4) is 0 Å². The normalized spacial score (nSPS) is 8.70. The van der Waals surface area contributed by atoms with E-state index in [1.54, 1.807) is 26.4 Å². The average molecular weight is 455 g/mol. The molecule has 0 radical (unpaired) electrons. The van der Waals surface area contributed by atoms with Gasteiger partial charge in [0.1, 0.15) is 22.2 Å². The third kappa shape index (κ3) is 9.75. The van der Waals surface area contributed by atoms with Gasteiger partial charge in [-0.15, -0.1) is 0 Å². The highest BCUT2D eigenvalue weighted by atomic mass is 35.5. The number of nitrogen functional groups attached to an aromatic ring is 1. The highest BCUT2D eigenvalue weighted by molar-refractivity contribution is 6.37. The summed E-state index contributed by atoms with van der Waals surface area (Å²) in [6, 6.07) is 14.6. The van der Waals surface area contributed by atoms with E-state index in [0.29, 0.717) is 27.1 Å². The van der Waals surface area contributed by atoms with Gasteiger partial charge in [0.25, 0.3) is 5.97 Å². The number of nitrogens with zero attached hydrogens (tertiary/aromatic N) is 1. The number of nitrogens with two attached hydrogens (primary N) is 1. The molecule has 1 heterocycles. The van der Waals surface area contributed by atoms with E-state index in [9.17, 15) is 0 Å². The molecule has 0 saturated heterocycles. The molecule has 160 valence electrons. The summed E-state index contributed by atoms with van der Waals surface area (Å²) >= 11 is 11.8. The van der Waals surface area contributed by atoms with Crippen molar-refractivity contribution in [1.82, 2.24) is 4.98 Å². The number of aliphatic carboxylic acids is 1. The zero-order chi connectivity index (χ0) is 23.1. The fourth-order valence-corrected chi connectivity index (χ4v) is 2.49. The molecule has 0 amide bonds. The second kappa shape index (κ2) is 14.6. The van der Waals surface area contributed by atoms with Crippen molar-refractivity contribution in [3.05, 3.63) is 58.7 Å². The monoisotopic (exact) mass is 454 g/mol. The standard InChI is InChI=1S/C10H7Cl2NO.C7H9NO.C2H4O2.CO2/c1-14-8-4-2-3-6-7(11)5-9(12)13-10(6)8;1-9-7-5-3-2-4-6(7)8;1-2(3)4;2-1-3/h2-5H,1H3;2-5H,8H2,1H3;1H3,(H,3,4);. The molecule has 2 aromatic carbocycles. The van der Waals surface area contributed by atoms with E-state index >= 15 is 0 Å². The van der Waals surface area contributed by atoms with Gasteiger partial charge in [-0.25, -0.2) is 4.98 Å². The molecule has 0 fully saturated rings. The Morgan fingerprint density at radius 2 is 1.53 bits per heavy atom. The van der Waals surface area contributed by atoms with Gasteiger partial charge in [-0.2, -0.15) is 9.59 Å². The molecule has 3 rings (SSSR count). The number of carboxylic acid groups (broad SMARTS) is 1. The number of ether oxygens (including phenoxy) is 2. The van der Waals surface area contributed by atoms with Gasteiger partial charge in [0.2, 0.25) is 0 Å². The van der Waals surface area contributed by atoms with Gasteiger partial charge in [-0.3, -0.25) is 4.79 Å². The summed E-state index contributed by atoms with van der Waals surface area (Å²) in [6.07, 6.45) is 0.250. The van der Waals surface area contributed by atoms with Gasteiger partial charge in [0.15, 0.2) is 0 Å². The van der Waals surface area contributed by atoms with Crippen LogP contribution < -0.4 is 15.2 Å². The van der Waals surface area contributed by atoms with Gasteiger partial charge < -0.3 is 20.3 Å². The van der Waals surface area contributed by atoms with Crippen LogP contribution in [0, 0.1) is 0 Å². The first-order valence-electron chi connectivity index (χ1n) is 8.07. The molecule has 1 aromatic heterocycles. The number of hydrogen-bond donors (Lipinski definition) is 2. The van der Waals surface area contributed by atoms with Crippen LogP contribution in [0.2, 0.25) is 10.2 Å². The third-order valence-electron chi connectivity index (χ3n) is 3.08. The molecular weight excluding hydrogens is 435 g/mol. The molecule has 0 bridgehead atoms. The zero-order valence-corrected chi connectivity index (χ0v) is 17.9. The molecule has 3 aromatic rings. The number of fused-ring (bicyclic) bond motifs is 1. The summed E-state index contributed by atoms with van der Waals surface area (Å²) in [5.41, 5.74) is 6.87. The van der Waals surface area contributed by atoms with Crippen LogP contribution in [-0.2, 0) is 14.4 Å². The van der Waals surface area contributed by atoms with E-state index in [-0.39, 0.29) is 6.15 Å². The van der Waals surface area contributed by atoms with Crippen molar-refractivity contribution >= 4 is 51.9 Å². The molecule has 0 aliphatic heterocycles. The fourth-order valence-electron chi connectivity index (χ4n) is 1.98. The molecule has 30 heavy (non-hydrogen) atoms. The predicted molar refractivity (Wildman–Crippen MR) is 114 cm³/mol. The number of anilines is 1. The number of benzene rings is 2. The number of methoxy groups -OCH3 is 2. The molecule has 3 N–H and O–H groups in total. The summed E-state index contributed by atoms with van der Waals surface area (Å²) in [6.45, 7) is 1.08. The third-order valence-corrected chi connectivity index (χ3v) is 3.59. The van der Waals surface area contributed by atoms with Gasteiger partial charge in [0.05, 0.1) is 24.9 Å². The van der Waals surface area contributed by atoms with Crippen LogP contribution >= 0.6 is 23.2 Å². The number of para-hydroxylation sites is 3. The summed E-state index contributed by atoms with van der Waals surface area (Å²) in [7, 11) is 3.19. The Bertz CT molecular complexity index is 988. The Kier molecular flexibility index (Phi) is 13.0. The second-order valence-corrected chi connectivity index (χ2v) is 5.92. The molecule has 0 aliphatic rings. The smallest absolute Gasteiger partial charge is 0.373 e. The van der Waals surface area contributed by atoms with Crippen molar-refractivity contribution in [2.45, 2.75) is 6.92 Å². The number of aromatic nitrogens is 1. The lowest BCUT2D eigenvalue weighted by Crippen LogP contribution is -1.89. The molecule has 8 nitrogen and oxygen atoms in total. The van der Waals surface area contributed by atoms with Crippen LogP contribution in [0.4, 0.5) is 5.69 Å². The Labute approximate surface area is 183 Å². The van der Waals surface area contributed by atoms with Gasteiger partial charge in [0, 0.05) is 12.3 Å². The van der Waals surface area contributed by atoms with Crippen molar-refractivity contribution in [3.8, 4) is 11.5 Å². The molecule has 0 atom stereocenters.